The second-order valence-corrected chi connectivity index (χ2v) is 6.84. The summed E-state index contributed by atoms with van der Waals surface area (Å²) in [7, 11) is 1.82. The zero-order chi connectivity index (χ0) is 19.8. The molecule has 1 aromatic heterocycles. The van der Waals surface area contributed by atoms with Crippen molar-refractivity contribution >= 4 is 28.8 Å². The van der Waals surface area contributed by atoms with Crippen LogP contribution in [0.4, 0.5) is 5.69 Å². The van der Waals surface area contributed by atoms with Crippen LogP contribution in [0.2, 0.25) is 5.02 Å². The van der Waals surface area contributed by atoms with Gasteiger partial charge in [0.15, 0.2) is 5.78 Å². The summed E-state index contributed by atoms with van der Waals surface area (Å²) < 4.78 is 1.72. The molecule has 28 heavy (non-hydrogen) atoms. The van der Waals surface area contributed by atoms with E-state index < -0.39 is 0 Å². The Kier molecular flexibility index (Phi) is 4.55. The Morgan fingerprint density at radius 2 is 2.04 bits per heavy atom. The molecule has 6 nitrogen and oxygen atoms in total. The number of aromatic nitrogens is 2. The van der Waals surface area contributed by atoms with Crippen LogP contribution in [0.5, 0.6) is 0 Å². The van der Waals surface area contributed by atoms with Crippen molar-refractivity contribution in [1.29, 1.82) is 0 Å². The summed E-state index contributed by atoms with van der Waals surface area (Å²) in [5.41, 5.74) is 11.5. The molecular formula is C21H16ClN5O. The first-order valence-electron chi connectivity index (χ1n) is 8.65. The fourth-order valence-corrected chi connectivity index (χ4v) is 3.71. The van der Waals surface area contributed by atoms with E-state index in [4.69, 9.17) is 23.9 Å². The van der Waals surface area contributed by atoms with Gasteiger partial charge in [0, 0.05) is 40.9 Å². The summed E-state index contributed by atoms with van der Waals surface area (Å²) in [6.45, 7) is 7.91. The quantitative estimate of drug-likeness (QED) is 0.690. The van der Waals surface area contributed by atoms with Crippen LogP contribution in [0, 0.1) is 6.57 Å². The Labute approximate surface area is 167 Å². The van der Waals surface area contributed by atoms with Crippen LogP contribution in [0.25, 0.3) is 27.2 Å². The lowest BCUT2D eigenvalue weighted by molar-refractivity contribution is 0.1000. The third kappa shape index (κ3) is 2.82. The number of nitrogens with two attached hydrogens (primary N) is 1. The molecule has 0 aliphatic carbocycles. The Morgan fingerprint density at radius 1 is 1.21 bits per heavy atom. The number of benzene rings is 2. The highest BCUT2D eigenvalue weighted by molar-refractivity contribution is 6.34. The lowest BCUT2D eigenvalue weighted by Gasteiger charge is -2.17. The lowest BCUT2D eigenvalue weighted by Crippen LogP contribution is -2.24. The normalized spacial score (nSPS) is 13.1. The molecule has 2 N–H and O–H groups in total. The van der Waals surface area contributed by atoms with Crippen LogP contribution in [0.3, 0.4) is 0 Å². The molecule has 0 atom stereocenters. The Hall–Kier alpha value is -3.27. The Balaban J connectivity index is 1.93. The van der Waals surface area contributed by atoms with Crippen LogP contribution < -0.4 is 5.73 Å². The number of aliphatic imine (C=N–C) groups is 1. The Bertz CT molecular complexity index is 1190. The highest BCUT2D eigenvalue weighted by Gasteiger charge is 2.23. The van der Waals surface area contributed by atoms with E-state index in [1.54, 1.807) is 16.9 Å². The van der Waals surface area contributed by atoms with Gasteiger partial charge >= 0.3 is 0 Å². The van der Waals surface area contributed by atoms with E-state index in [0.29, 0.717) is 27.5 Å². The van der Waals surface area contributed by atoms with Crippen LogP contribution >= 0.6 is 11.6 Å². The van der Waals surface area contributed by atoms with Gasteiger partial charge in [-0.1, -0.05) is 41.9 Å². The third-order valence-electron chi connectivity index (χ3n) is 4.84. The molecule has 0 fully saturated rings. The summed E-state index contributed by atoms with van der Waals surface area (Å²) >= 11 is 6.24. The molecule has 0 bridgehead atoms. The molecule has 138 valence electrons. The van der Waals surface area contributed by atoms with E-state index in [-0.39, 0.29) is 18.9 Å². The number of Topliss-reactive ketones (excluding diaryl/α,β-unsaturated/α-hetero) is 1. The van der Waals surface area contributed by atoms with Gasteiger partial charge < -0.3 is 5.73 Å². The number of hydrogen-bond donors (Lipinski definition) is 1. The van der Waals surface area contributed by atoms with Crippen molar-refractivity contribution in [3.05, 3.63) is 70.2 Å². The number of hydrogen-bond acceptors (Lipinski definition) is 4. The van der Waals surface area contributed by atoms with Crippen molar-refractivity contribution in [2.45, 2.75) is 0 Å². The van der Waals surface area contributed by atoms with Crippen molar-refractivity contribution in [1.82, 2.24) is 9.78 Å². The molecule has 0 radical (unpaired) electrons. The minimum absolute atomic E-state index is 0.0182. The molecule has 1 aliphatic heterocycles. The molecular weight excluding hydrogens is 374 g/mol. The predicted molar refractivity (Wildman–Crippen MR) is 110 cm³/mol. The number of nitrogens with zero attached hydrogens (tertiary/aromatic N) is 4. The number of fused-ring (bicyclic) bond motifs is 1. The average Bonchev–Trinajstić information content (AvgIpc) is 3.09. The summed E-state index contributed by atoms with van der Waals surface area (Å²) in [4.78, 5) is 20.1. The first-order valence-corrected chi connectivity index (χ1v) is 9.02. The van der Waals surface area contributed by atoms with Crippen LogP contribution in [0.1, 0.15) is 15.9 Å². The minimum Gasteiger partial charge on any atom is -0.325 e. The second-order valence-electron chi connectivity index (χ2n) is 6.43. The van der Waals surface area contributed by atoms with Crippen molar-refractivity contribution < 1.29 is 4.79 Å². The summed E-state index contributed by atoms with van der Waals surface area (Å²) in [6.07, 6.45) is 1.75. The van der Waals surface area contributed by atoms with Gasteiger partial charge in [-0.15, -0.1) is 0 Å². The average molecular weight is 390 g/mol. The smallest absolute Gasteiger partial charge is 0.214 e. The molecule has 2 heterocycles. The van der Waals surface area contributed by atoms with Crippen molar-refractivity contribution in [3.63, 3.8) is 0 Å². The van der Waals surface area contributed by atoms with Crippen molar-refractivity contribution in [2.75, 3.05) is 13.1 Å². The second kappa shape index (κ2) is 7.04. The maximum absolute atomic E-state index is 12.2. The molecule has 3 aromatic rings. The molecule has 0 amide bonds. The van der Waals surface area contributed by atoms with Gasteiger partial charge in [-0.05, 0) is 11.6 Å². The van der Waals surface area contributed by atoms with Crippen LogP contribution in [0.15, 0.2) is 47.6 Å². The van der Waals surface area contributed by atoms with E-state index in [9.17, 15) is 4.79 Å². The maximum atomic E-state index is 12.2. The molecule has 0 saturated carbocycles. The molecule has 1 aliphatic rings. The standard InChI is InChI=1S/C21H16ClN5O/c1-24-20-14(4-3-5-17(20)22)21-16(10-26-27(21)2)12-6-7-13-15(8-12)18(9-23)25-11-19(13)28/h3-8,10H,9,11,23H2,2H3. The van der Waals surface area contributed by atoms with E-state index in [2.05, 4.69) is 14.9 Å². The number of aryl methyl sites for hydroxylation is 1. The highest BCUT2D eigenvalue weighted by Crippen LogP contribution is 2.41. The van der Waals surface area contributed by atoms with Gasteiger partial charge in [0.2, 0.25) is 5.69 Å². The van der Waals surface area contributed by atoms with Crippen LogP contribution in [-0.2, 0) is 7.05 Å². The van der Waals surface area contributed by atoms with Gasteiger partial charge in [-0.25, -0.2) is 4.85 Å². The number of carbonyl (C=O) groups is 1. The van der Waals surface area contributed by atoms with Crippen molar-refractivity contribution in [3.8, 4) is 22.4 Å². The number of para-hydroxylation sites is 1. The molecule has 7 heteroatoms. The predicted octanol–water partition coefficient (Wildman–Crippen LogP) is 3.90. The monoisotopic (exact) mass is 389 g/mol. The fraction of sp³-hybridized carbons (Fsp3) is 0.143. The largest absolute Gasteiger partial charge is 0.325 e. The topological polar surface area (TPSA) is 77.6 Å². The SMILES string of the molecule is [C-]#[N+]c1c(Cl)cccc1-c1c(-c2ccc3c(c2)C(CN)=NCC3=O)cnn1C. The number of rotatable bonds is 3. The van der Waals surface area contributed by atoms with E-state index in [1.807, 2.05) is 37.4 Å². The molecule has 2 aromatic carbocycles. The molecule has 0 unspecified atom stereocenters. The van der Waals surface area contributed by atoms with Gasteiger partial charge in [0.1, 0.15) is 6.54 Å². The first kappa shape index (κ1) is 18.1. The van der Waals surface area contributed by atoms with Gasteiger partial charge in [-0.3, -0.25) is 14.5 Å². The number of carbonyl (C=O) groups excluding carboxylic acids is 1. The molecule has 4 rings (SSSR count). The van der Waals surface area contributed by atoms with Gasteiger partial charge in [0.05, 0.1) is 24.2 Å². The first-order chi connectivity index (χ1) is 13.5. The summed E-state index contributed by atoms with van der Waals surface area (Å²) in [6, 6.07) is 11.0. The highest BCUT2D eigenvalue weighted by atomic mass is 35.5. The third-order valence-corrected chi connectivity index (χ3v) is 5.15. The van der Waals surface area contributed by atoms with E-state index in [1.165, 1.54) is 0 Å². The van der Waals surface area contributed by atoms with Gasteiger partial charge in [-0.2, -0.15) is 5.10 Å². The minimum atomic E-state index is -0.0182. The molecule has 0 spiro atoms. The fourth-order valence-electron chi connectivity index (χ4n) is 3.49. The van der Waals surface area contributed by atoms with Crippen LogP contribution in [-0.4, -0.2) is 34.4 Å². The zero-order valence-electron chi connectivity index (χ0n) is 15.1. The van der Waals surface area contributed by atoms with Crippen molar-refractivity contribution in [2.24, 2.45) is 17.8 Å². The van der Waals surface area contributed by atoms with E-state index in [0.717, 1.165) is 22.4 Å². The maximum Gasteiger partial charge on any atom is 0.214 e. The van der Waals surface area contributed by atoms with Gasteiger partial charge in [0.25, 0.3) is 0 Å². The lowest BCUT2D eigenvalue weighted by atomic mass is 9.91. The Morgan fingerprint density at radius 3 is 2.79 bits per heavy atom. The van der Waals surface area contributed by atoms with E-state index >= 15 is 0 Å². The zero-order valence-corrected chi connectivity index (χ0v) is 15.9. The number of ketones is 1. The summed E-state index contributed by atoms with van der Waals surface area (Å²) in [5, 5.41) is 4.79. The molecule has 0 saturated heterocycles. The number of halogens is 1. The summed E-state index contributed by atoms with van der Waals surface area (Å²) in [5.74, 6) is -0.0182.